The number of nitrogens with zero attached hydrogens (tertiary/aromatic N) is 2. The Kier molecular flexibility index (Phi) is 4.21. The smallest absolute Gasteiger partial charge is 0.339 e. The van der Waals surface area contributed by atoms with Crippen molar-refractivity contribution in [2.75, 3.05) is 23.8 Å². The average Bonchev–Trinajstić information content (AvgIpc) is 2.84. The van der Waals surface area contributed by atoms with E-state index in [9.17, 15) is 9.90 Å². The first kappa shape index (κ1) is 13.6. The number of nitrogen functional groups attached to an aromatic ring is 1. The standard InChI is InChI=1S/C13H19N3O3/c14-9-7-11(13(18)19)12(15-8-9)16-5-1-3-10(16)4-2-6-17/h7-8,10,17H,1-6,14H2,(H,18,19). The highest BCUT2D eigenvalue weighted by Gasteiger charge is 2.28. The lowest BCUT2D eigenvalue weighted by Crippen LogP contribution is -2.31. The molecule has 1 aromatic heterocycles. The molecule has 0 saturated carbocycles. The molecule has 19 heavy (non-hydrogen) atoms. The van der Waals surface area contributed by atoms with Gasteiger partial charge in [0, 0.05) is 19.2 Å². The molecule has 0 bridgehead atoms. The van der Waals surface area contributed by atoms with Crippen LogP contribution in [0.3, 0.4) is 0 Å². The van der Waals surface area contributed by atoms with E-state index < -0.39 is 5.97 Å². The first-order valence-corrected chi connectivity index (χ1v) is 6.49. The van der Waals surface area contributed by atoms with E-state index in [0.717, 1.165) is 32.2 Å². The van der Waals surface area contributed by atoms with Crippen LogP contribution in [0.4, 0.5) is 11.5 Å². The van der Waals surface area contributed by atoms with Crippen LogP contribution in [0.2, 0.25) is 0 Å². The zero-order chi connectivity index (χ0) is 13.8. The highest BCUT2D eigenvalue weighted by molar-refractivity contribution is 5.94. The van der Waals surface area contributed by atoms with Gasteiger partial charge in [-0.1, -0.05) is 0 Å². The van der Waals surface area contributed by atoms with E-state index in [0.29, 0.717) is 11.5 Å². The van der Waals surface area contributed by atoms with Crippen molar-refractivity contribution in [3.63, 3.8) is 0 Å². The van der Waals surface area contributed by atoms with E-state index in [4.69, 9.17) is 10.8 Å². The number of hydrogen-bond acceptors (Lipinski definition) is 5. The quantitative estimate of drug-likeness (QED) is 0.737. The van der Waals surface area contributed by atoms with Crippen LogP contribution in [-0.4, -0.2) is 40.4 Å². The van der Waals surface area contributed by atoms with Gasteiger partial charge in [-0.2, -0.15) is 0 Å². The number of carboxylic acid groups (broad SMARTS) is 1. The van der Waals surface area contributed by atoms with E-state index in [-0.39, 0.29) is 18.2 Å². The number of aliphatic hydroxyl groups is 1. The summed E-state index contributed by atoms with van der Waals surface area (Å²) in [6.45, 7) is 0.957. The number of aromatic carboxylic acids is 1. The summed E-state index contributed by atoms with van der Waals surface area (Å²) in [6.07, 6.45) is 5.08. The van der Waals surface area contributed by atoms with Crippen molar-refractivity contribution in [3.8, 4) is 0 Å². The Balaban J connectivity index is 2.27. The van der Waals surface area contributed by atoms with Gasteiger partial charge in [0.1, 0.15) is 11.4 Å². The number of aromatic nitrogens is 1. The third-order valence-corrected chi connectivity index (χ3v) is 3.46. The molecule has 2 rings (SSSR count). The van der Waals surface area contributed by atoms with Gasteiger partial charge < -0.3 is 20.8 Å². The summed E-state index contributed by atoms with van der Waals surface area (Å²) < 4.78 is 0. The second kappa shape index (κ2) is 5.88. The van der Waals surface area contributed by atoms with E-state index >= 15 is 0 Å². The lowest BCUT2D eigenvalue weighted by molar-refractivity contribution is 0.0697. The van der Waals surface area contributed by atoms with Crippen molar-refractivity contribution in [2.45, 2.75) is 31.7 Å². The molecule has 1 aromatic rings. The number of carboxylic acids is 1. The van der Waals surface area contributed by atoms with Crippen molar-refractivity contribution in [2.24, 2.45) is 0 Å². The van der Waals surface area contributed by atoms with Crippen LogP contribution in [0.25, 0.3) is 0 Å². The molecule has 0 aromatic carbocycles. The number of pyridine rings is 1. The van der Waals surface area contributed by atoms with Crippen LogP contribution in [0.1, 0.15) is 36.0 Å². The molecule has 1 aliphatic rings. The van der Waals surface area contributed by atoms with Gasteiger partial charge in [-0.3, -0.25) is 0 Å². The summed E-state index contributed by atoms with van der Waals surface area (Å²) in [6, 6.07) is 1.70. The third kappa shape index (κ3) is 2.96. The van der Waals surface area contributed by atoms with Gasteiger partial charge in [0.15, 0.2) is 0 Å². The summed E-state index contributed by atoms with van der Waals surface area (Å²) >= 11 is 0. The predicted molar refractivity (Wildman–Crippen MR) is 72.3 cm³/mol. The largest absolute Gasteiger partial charge is 0.478 e. The van der Waals surface area contributed by atoms with Crippen LogP contribution in [-0.2, 0) is 0 Å². The maximum absolute atomic E-state index is 11.3. The Morgan fingerprint density at radius 3 is 3.05 bits per heavy atom. The highest BCUT2D eigenvalue weighted by Crippen LogP contribution is 2.29. The molecule has 1 fully saturated rings. The van der Waals surface area contributed by atoms with Crippen LogP contribution < -0.4 is 10.6 Å². The second-order valence-electron chi connectivity index (χ2n) is 4.80. The third-order valence-electron chi connectivity index (χ3n) is 3.46. The van der Waals surface area contributed by atoms with Gasteiger partial charge in [0.25, 0.3) is 0 Å². The topological polar surface area (TPSA) is 99.7 Å². The minimum absolute atomic E-state index is 0.149. The minimum atomic E-state index is -1.01. The van der Waals surface area contributed by atoms with Gasteiger partial charge in [-0.25, -0.2) is 9.78 Å². The summed E-state index contributed by atoms with van der Waals surface area (Å²) in [5.74, 6) is -0.523. The fraction of sp³-hybridized carbons (Fsp3) is 0.538. The molecular formula is C13H19N3O3. The van der Waals surface area contributed by atoms with Crippen molar-refractivity contribution in [1.29, 1.82) is 0 Å². The molecular weight excluding hydrogens is 246 g/mol. The highest BCUT2D eigenvalue weighted by atomic mass is 16.4. The zero-order valence-corrected chi connectivity index (χ0v) is 10.7. The predicted octanol–water partition coefficient (Wildman–Crippen LogP) is 1.10. The maximum atomic E-state index is 11.3. The molecule has 4 N–H and O–H groups in total. The monoisotopic (exact) mass is 265 g/mol. The Morgan fingerprint density at radius 1 is 1.58 bits per heavy atom. The van der Waals surface area contributed by atoms with E-state index in [1.165, 1.54) is 12.3 Å². The Morgan fingerprint density at radius 2 is 2.37 bits per heavy atom. The fourth-order valence-electron chi connectivity index (χ4n) is 2.60. The second-order valence-corrected chi connectivity index (χ2v) is 4.80. The minimum Gasteiger partial charge on any atom is -0.478 e. The van der Waals surface area contributed by atoms with E-state index in [2.05, 4.69) is 4.98 Å². The van der Waals surface area contributed by atoms with E-state index in [1.807, 2.05) is 4.90 Å². The molecule has 1 saturated heterocycles. The van der Waals surface area contributed by atoms with Gasteiger partial charge >= 0.3 is 5.97 Å². The Labute approximate surface area is 111 Å². The normalized spacial score (nSPS) is 18.8. The number of hydrogen-bond donors (Lipinski definition) is 3. The number of anilines is 2. The summed E-state index contributed by atoms with van der Waals surface area (Å²) in [7, 11) is 0. The van der Waals surface area contributed by atoms with Crippen molar-refractivity contribution in [3.05, 3.63) is 17.8 Å². The van der Waals surface area contributed by atoms with Gasteiger partial charge in [0.2, 0.25) is 0 Å². The van der Waals surface area contributed by atoms with Gasteiger partial charge in [-0.05, 0) is 31.7 Å². The van der Waals surface area contributed by atoms with Crippen LogP contribution in [0.15, 0.2) is 12.3 Å². The summed E-state index contributed by atoms with van der Waals surface area (Å²) in [5.41, 5.74) is 6.10. The Hall–Kier alpha value is -1.82. The van der Waals surface area contributed by atoms with E-state index in [1.54, 1.807) is 0 Å². The van der Waals surface area contributed by atoms with Crippen molar-refractivity contribution < 1.29 is 15.0 Å². The molecule has 2 heterocycles. The Bertz CT molecular complexity index is 464. The zero-order valence-electron chi connectivity index (χ0n) is 10.7. The van der Waals surface area contributed by atoms with Gasteiger partial charge in [-0.15, -0.1) is 0 Å². The van der Waals surface area contributed by atoms with Crippen LogP contribution in [0.5, 0.6) is 0 Å². The number of carbonyl (C=O) groups is 1. The molecule has 0 amide bonds. The molecule has 0 aliphatic carbocycles. The lowest BCUT2D eigenvalue weighted by Gasteiger charge is -2.26. The van der Waals surface area contributed by atoms with Gasteiger partial charge in [0.05, 0.1) is 11.9 Å². The number of rotatable bonds is 5. The molecule has 0 radical (unpaired) electrons. The van der Waals surface area contributed by atoms with Crippen molar-refractivity contribution >= 4 is 17.5 Å². The molecule has 1 aliphatic heterocycles. The first-order valence-electron chi connectivity index (χ1n) is 6.49. The molecule has 1 unspecified atom stereocenters. The first-order chi connectivity index (χ1) is 9.13. The lowest BCUT2D eigenvalue weighted by atomic mass is 10.1. The maximum Gasteiger partial charge on any atom is 0.339 e. The number of aliphatic hydroxyl groups excluding tert-OH is 1. The van der Waals surface area contributed by atoms with Crippen molar-refractivity contribution in [1.82, 2.24) is 4.98 Å². The summed E-state index contributed by atoms with van der Waals surface area (Å²) in [5, 5.41) is 18.2. The van der Waals surface area contributed by atoms with Crippen LogP contribution in [0, 0.1) is 0 Å². The molecule has 104 valence electrons. The SMILES string of the molecule is Nc1cnc(N2CCCC2CCCO)c(C(=O)O)c1. The molecule has 6 nitrogen and oxygen atoms in total. The molecule has 6 heteroatoms. The molecule has 1 atom stereocenters. The summed E-state index contributed by atoms with van der Waals surface area (Å²) in [4.78, 5) is 17.5. The fourth-order valence-corrected chi connectivity index (χ4v) is 2.60. The number of nitrogens with two attached hydrogens (primary N) is 1. The molecule has 0 spiro atoms. The van der Waals surface area contributed by atoms with Crippen LogP contribution >= 0.6 is 0 Å². The average molecular weight is 265 g/mol.